The van der Waals surface area contributed by atoms with Crippen LogP contribution in [0, 0.1) is 0 Å². The van der Waals surface area contributed by atoms with Gasteiger partial charge in [-0.1, -0.05) is 0 Å². The van der Waals surface area contributed by atoms with Gasteiger partial charge in [-0.3, -0.25) is 9.59 Å². The molecule has 0 bridgehead atoms. The highest BCUT2D eigenvalue weighted by atomic mass is 16.5. The van der Waals surface area contributed by atoms with Crippen LogP contribution in [0.25, 0.3) is 0 Å². The van der Waals surface area contributed by atoms with Gasteiger partial charge in [0, 0.05) is 65.1 Å². The molecule has 0 radical (unpaired) electrons. The quantitative estimate of drug-likeness (QED) is 0.313. The second-order valence-corrected chi connectivity index (χ2v) is 7.22. The predicted molar refractivity (Wildman–Crippen MR) is 108 cm³/mol. The average molecular weight is 401 g/mol. The van der Waals surface area contributed by atoms with Crippen LogP contribution in [0.3, 0.4) is 0 Å². The fraction of sp³-hybridized carbons (Fsp3) is 0.700. The maximum Gasteiger partial charge on any atom is 0.188 e. The Morgan fingerprint density at radius 1 is 0.714 bits per heavy atom. The van der Waals surface area contributed by atoms with E-state index in [4.69, 9.17) is 18.9 Å². The standard InChI is InChI=1S/C20H36N2O6/c1-19(2,27-7)17(23)11-15(13-25-5)21-9-10-22-16(14-26-6)12-18(24)20(3,4)28-8/h11-12,21-22H,9-10,13-14H2,1-8H3/b15-11+,16-12+. The number of ether oxygens (including phenoxy) is 4. The van der Waals surface area contributed by atoms with Gasteiger partial charge in [0.25, 0.3) is 0 Å². The molecule has 0 atom stereocenters. The van der Waals surface area contributed by atoms with E-state index in [0.29, 0.717) is 24.5 Å². The van der Waals surface area contributed by atoms with Crippen LogP contribution in [-0.4, -0.2) is 77.5 Å². The minimum atomic E-state index is -0.901. The van der Waals surface area contributed by atoms with Crippen molar-refractivity contribution < 1.29 is 28.5 Å². The lowest BCUT2D eigenvalue weighted by atomic mass is 10.0. The largest absolute Gasteiger partial charge is 0.385 e. The van der Waals surface area contributed by atoms with Gasteiger partial charge in [-0.25, -0.2) is 0 Å². The van der Waals surface area contributed by atoms with Crippen LogP contribution < -0.4 is 10.6 Å². The number of ketones is 2. The zero-order chi connectivity index (χ0) is 21.8. The number of carbonyl (C=O) groups is 2. The van der Waals surface area contributed by atoms with Crippen molar-refractivity contribution in [3.8, 4) is 0 Å². The maximum absolute atomic E-state index is 12.3. The van der Waals surface area contributed by atoms with E-state index in [1.165, 1.54) is 26.4 Å². The molecule has 0 fully saturated rings. The molecule has 2 N–H and O–H groups in total. The van der Waals surface area contributed by atoms with Crippen LogP contribution in [-0.2, 0) is 28.5 Å². The number of carbonyl (C=O) groups excluding carboxylic acids is 2. The van der Waals surface area contributed by atoms with Gasteiger partial charge in [-0.2, -0.15) is 0 Å². The molecule has 0 unspecified atom stereocenters. The Labute approximate surface area is 168 Å². The monoisotopic (exact) mass is 400 g/mol. The fourth-order valence-corrected chi connectivity index (χ4v) is 1.91. The lowest BCUT2D eigenvalue weighted by molar-refractivity contribution is -0.132. The van der Waals surface area contributed by atoms with Crippen LogP contribution in [0.5, 0.6) is 0 Å². The zero-order valence-electron chi connectivity index (χ0n) is 18.4. The molecule has 0 aliphatic carbocycles. The Kier molecular flexibility index (Phi) is 11.9. The van der Waals surface area contributed by atoms with E-state index in [9.17, 15) is 9.59 Å². The zero-order valence-corrected chi connectivity index (χ0v) is 18.4. The molecule has 0 rings (SSSR count). The Morgan fingerprint density at radius 3 is 1.29 bits per heavy atom. The summed E-state index contributed by atoms with van der Waals surface area (Å²) in [6, 6.07) is 0. The Balaban J connectivity index is 4.87. The third-order valence-electron chi connectivity index (χ3n) is 4.25. The molecule has 0 saturated carbocycles. The van der Waals surface area contributed by atoms with E-state index in [-0.39, 0.29) is 24.8 Å². The summed E-state index contributed by atoms with van der Waals surface area (Å²) in [4.78, 5) is 24.5. The normalized spacial score (nSPS) is 13.4. The molecule has 28 heavy (non-hydrogen) atoms. The van der Waals surface area contributed by atoms with E-state index >= 15 is 0 Å². The molecule has 0 aromatic heterocycles. The molecule has 8 heteroatoms. The number of hydrogen-bond donors (Lipinski definition) is 2. The molecule has 8 nitrogen and oxygen atoms in total. The number of rotatable bonds is 15. The second kappa shape index (κ2) is 12.7. The second-order valence-electron chi connectivity index (χ2n) is 7.22. The van der Waals surface area contributed by atoms with E-state index in [2.05, 4.69) is 10.6 Å². The molecule has 0 amide bonds. The first-order valence-corrected chi connectivity index (χ1v) is 9.10. The number of methoxy groups -OCH3 is 4. The number of hydrogen-bond acceptors (Lipinski definition) is 8. The minimum absolute atomic E-state index is 0.158. The maximum atomic E-state index is 12.3. The molecule has 0 aromatic carbocycles. The summed E-state index contributed by atoms with van der Waals surface area (Å²) in [5.41, 5.74) is -0.509. The van der Waals surface area contributed by atoms with Crippen molar-refractivity contribution in [2.24, 2.45) is 0 Å². The highest BCUT2D eigenvalue weighted by Gasteiger charge is 2.26. The van der Waals surface area contributed by atoms with Crippen LogP contribution in [0.4, 0.5) is 0 Å². The van der Waals surface area contributed by atoms with E-state index in [1.807, 2.05) is 0 Å². The van der Waals surface area contributed by atoms with Crippen molar-refractivity contribution in [1.82, 2.24) is 10.6 Å². The third-order valence-corrected chi connectivity index (χ3v) is 4.25. The van der Waals surface area contributed by atoms with Gasteiger partial charge in [0.15, 0.2) is 11.6 Å². The summed E-state index contributed by atoms with van der Waals surface area (Å²) in [7, 11) is 6.11. The van der Waals surface area contributed by atoms with Gasteiger partial charge in [-0.05, 0) is 27.7 Å². The van der Waals surface area contributed by atoms with Gasteiger partial charge in [-0.15, -0.1) is 0 Å². The highest BCUT2D eigenvalue weighted by Crippen LogP contribution is 2.11. The van der Waals surface area contributed by atoms with Crippen molar-refractivity contribution in [2.75, 3.05) is 54.7 Å². The number of nitrogens with one attached hydrogen (secondary N) is 2. The summed E-state index contributed by atoms with van der Waals surface area (Å²) >= 11 is 0. The van der Waals surface area contributed by atoms with Crippen LogP contribution in [0.15, 0.2) is 23.5 Å². The lowest BCUT2D eigenvalue weighted by Crippen LogP contribution is -2.35. The van der Waals surface area contributed by atoms with Gasteiger partial charge < -0.3 is 29.6 Å². The Morgan fingerprint density at radius 2 is 1.04 bits per heavy atom. The third kappa shape index (κ3) is 9.45. The average Bonchev–Trinajstić information content (AvgIpc) is 2.64. The Bertz CT molecular complexity index is 517. The van der Waals surface area contributed by atoms with Crippen molar-refractivity contribution in [3.05, 3.63) is 23.5 Å². The first kappa shape index (κ1) is 26.3. The van der Waals surface area contributed by atoms with E-state index in [1.54, 1.807) is 41.9 Å². The topological polar surface area (TPSA) is 95.1 Å². The molecule has 0 aliphatic rings. The van der Waals surface area contributed by atoms with Crippen LogP contribution in [0.2, 0.25) is 0 Å². The van der Waals surface area contributed by atoms with Gasteiger partial charge in [0.1, 0.15) is 11.2 Å². The van der Waals surface area contributed by atoms with Crippen LogP contribution in [0.1, 0.15) is 27.7 Å². The minimum Gasteiger partial charge on any atom is -0.385 e. The predicted octanol–water partition coefficient (Wildman–Crippen LogP) is 1.21. The van der Waals surface area contributed by atoms with Crippen LogP contribution >= 0.6 is 0 Å². The van der Waals surface area contributed by atoms with E-state index in [0.717, 1.165) is 0 Å². The van der Waals surface area contributed by atoms with Crippen molar-refractivity contribution in [1.29, 1.82) is 0 Å². The Hall–Kier alpha value is -1.74. The molecular formula is C20H36N2O6. The summed E-state index contributed by atoms with van der Waals surface area (Å²) < 4.78 is 20.7. The first-order valence-electron chi connectivity index (χ1n) is 9.10. The SMILES string of the molecule is COC/C(=C\C(=O)C(C)(C)OC)NCCN/C(=C/C(=O)C(C)(C)OC)COC. The van der Waals surface area contributed by atoms with Gasteiger partial charge in [0.05, 0.1) is 13.2 Å². The van der Waals surface area contributed by atoms with Crippen molar-refractivity contribution in [3.63, 3.8) is 0 Å². The van der Waals surface area contributed by atoms with Gasteiger partial charge >= 0.3 is 0 Å². The molecule has 0 aliphatic heterocycles. The highest BCUT2D eigenvalue weighted by molar-refractivity contribution is 5.97. The molecule has 162 valence electrons. The summed E-state index contributed by atoms with van der Waals surface area (Å²) in [5, 5.41) is 6.32. The van der Waals surface area contributed by atoms with Crippen molar-refractivity contribution in [2.45, 2.75) is 38.9 Å². The van der Waals surface area contributed by atoms with E-state index < -0.39 is 11.2 Å². The smallest absolute Gasteiger partial charge is 0.188 e. The molecule has 0 saturated heterocycles. The fourth-order valence-electron chi connectivity index (χ4n) is 1.91. The summed E-state index contributed by atoms with van der Waals surface area (Å²) in [6.07, 6.45) is 2.98. The molecule has 0 aromatic rings. The van der Waals surface area contributed by atoms with Crippen molar-refractivity contribution >= 4 is 11.6 Å². The van der Waals surface area contributed by atoms with Gasteiger partial charge in [0.2, 0.25) is 0 Å². The molecule has 0 spiro atoms. The summed E-state index contributed by atoms with van der Waals surface area (Å²) in [6.45, 7) is 8.39. The first-order chi connectivity index (χ1) is 13.0. The molecular weight excluding hydrogens is 364 g/mol. The molecule has 0 heterocycles. The summed E-state index contributed by atoms with van der Waals surface area (Å²) in [5.74, 6) is -0.315. The lowest BCUT2D eigenvalue weighted by Gasteiger charge is -2.21.